The summed E-state index contributed by atoms with van der Waals surface area (Å²) in [4.78, 5) is 57.2. The summed E-state index contributed by atoms with van der Waals surface area (Å²) in [6.07, 6.45) is 0. The molecule has 0 atom stereocenters. The molecule has 0 amide bonds. The average Bonchev–Trinajstić information content (AvgIpc) is 2.83. The predicted octanol–water partition coefficient (Wildman–Crippen LogP) is 1.70. The minimum absolute atomic E-state index is 0.0676. The highest BCUT2D eigenvalue weighted by Gasteiger charge is 2.20. The lowest BCUT2D eigenvalue weighted by atomic mass is 10.2. The molecule has 0 spiro atoms. The van der Waals surface area contributed by atoms with Gasteiger partial charge in [-0.15, -0.1) is 0 Å². The van der Waals surface area contributed by atoms with Crippen molar-refractivity contribution in [3.8, 4) is 11.4 Å². The Morgan fingerprint density at radius 3 is 1.65 bits per heavy atom. The molecule has 5 rings (SSSR count). The van der Waals surface area contributed by atoms with Gasteiger partial charge in [0.05, 0.1) is 22.1 Å². The summed E-state index contributed by atoms with van der Waals surface area (Å²) < 4.78 is 4.59. The normalized spacial score (nSPS) is 11.4. The fraction of sp³-hybridized carbons (Fsp3) is 0.160. The maximum absolute atomic E-state index is 13.7. The molecule has 5 aromatic rings. The Kier molecular flexibility index (Phi) is 4.71. The number of fused-ring (bicyclic) bond motifs is 2. The van der Waals surface area contributed by atoms with Crippen LogP contribution < -0.4 is 22.5 Å². The van der Waals surface area contributed by atoms with E-state index in [1.54, 1.807) is 24.3 Å². The van der Waals surface area contributed by atoms with Gasteiger partial charge in [0, 0.05) is 14.1 Å². The Hall–Kier alpha value is -4.53. The van der Waals surface area contributed by atoms with Gasteiger partial charge in [0.1, 0.15) is 0 Å². The number of rotatable bonds is 2. The number of aromatic nitrogens is 5. The van der Waals surface area contributed by atoms with Crippen LogP contribution in [-0.4, -0.2) is 23.3 Å². The highest BCUT2D eigenvalue weighted by Crippen LogP contribution is 2.18. The van der Waals surface area contributed by atoms with Gasteiger partial charge in [0.2, 0.25) is 0 Å². The van der Waals surface area contributed by atoms with Gasteiger partial charge in [0.25, 0.3) is 11.1 Å². The van der Waals surface area contributed by atoms with Crippen LogP contribution in [0.3, 0.4) is 0 Å². The molecule has 0 N–H and O–H groups in total. The number of nitrogens with zero attached hydrogens (tertiary/aromatic N) is 5. The first-order chi connectivity index (χ1) is 16.2. The van der Waals surface area contributed by atoms with E-state index in [-0.39, 0.29) is 22.1 Å². The molecular formula is C25H21N5O4. The first kappa shape index (κ1) is 21.3. The SMILES string of the molecule is Cc1ccc(-n2c(=O)c3cc4c(=O)n(C)c(=O)n(C)c4nc3n(-c3ccc(C)cc3)c2=O)cc1. The van der Waals surface area contributed by atoms with E-state index in [4.69, 9.17) is 0 Å². The quantitative estimate of drug-likeness (QED) is 0.377. The van der Waals surface area contributed by atoms with Crippen molar-refractivity contribution in [3.63, 3.8) is 0 Å². The van der Waals surface area contributed by atoms with Crippen LogP contribution in [0.1, 0.15) is 11.1 Å². The van der Waals surface area contributed by atoms with Gasteiger partial charge in [-0.2, -0.15) is 0 Å². The van der Waals surface area contributed by atoms with Gasteiger partial charge in [0.15, 0.2) is 11.3 Å². The number of hydrogen-bond donors (Lipinski definition) is 0. The fourth-order valence-corrected chi connectivity index (χ4v) is 4.06. The fourth-order valence-electron chi connectivity index (χ4n) is 4.06. The minimum Gasteiger partial charge on any atom is -0.280 e. The Morgan fingerprint density at radius 2 is 1.09 bits per heavy atom. The van der Waals surface area contributed by atoms with E-state index in [1.165, 1.54) is 29.3 Å². The third kappa shape index (κ3) is 3.05. The molecule has 0 bridgehead atoms. The largest absolute Gasteiger partial charge is 0.341 e. The summed E-state index contributed by atoms with van der Waals surface area (Å²) in [7, 11) is 2.86. The molecule has 3 heterocycles. The van der Waals surface area contributed by atoms with Crippen molar-refractivity contribution in [1.29, 1.82) is 0 Å². The number of aryl methyl sites for hydroxylation is 3. The second kappa shape index (κ2) is 7.51. The summed E-state index contributed by atoms with van der Waals surface area (Å²) >= 11 is 0. The number of hydrogen-bond acceptors (Lipinski definition) is 5. The molecule has 0 aliphatic rings. The molecule has 3 aromatic heterocycles. The van der Waals surface area contributed by atoms with Gasteiger partial charge < -0.3 is 0 Å². The van der Waals surface area contributed by atoms with E-state index in [0.29, 0.717) is 11.4 Å². The lowest BCUT2D eigenvalue weighted by molar-refractivity contribution is 0.707. The van der Waals surface area contributed by atoms with Gasteiger partial charge >= 0.3 is 11.4 Å². The molecule has 9 nitrogen and oxygen atoms in total. The Bertz CT molecular complexity index is 1860. The third-order valence-corrected chi connectivity index (χ3v) is 6.02. The zero-order valence-corrected chi connectivity index (χ0v) is 19.1. The Balaban J connectivity index is 2.05. The van der Waals surface area contributed by atoms with Crippen molar-refractivity contribution in [3.05, 3.63) is 107 Å². The minimum atomic E-state index is -0.606. The molecule has 0 radical (unpaired) electrons. The van der Waals surface area contributed by atoms with Crippen molar-refractivity contribution in [1.82, 2.24) is 23.3 Å². The molecule has 170 valence electrons. The molecule has 0 fully saturated rings. The monoisotopic (exact) mass is 455 g/mol. The van der Waals surface area contributed by atoms with Crippen molar-refractivity contribution >= 4 is 22.1 Å². The lowest BCUT2D eigenvalue weighted by Crippen LogP contribution is -2.40. The van der Waals surface area contributed by atoms with Crippen molar-refractivity contribution in [2.45, 2.75) is 13.8 Å². The van der Waals surface area contributed by atoms with E-state index in [2.05, 4.69) is 4.98 Å². The molecule has 0 unspecified atom stereocenters. The Labute approximate surface area is 192 Å². The van der Waals surface area contributed by atoms with Crippen LogP contribution in [0.2, 0.25) is 0 Å². The maximum Gasteiger partial charge on any atom is 0.341 e. The van der Waals surface area contributed by atoms with Crippen LogP contribution in [0.15, 0.2) is 73.8 Å². The first-order valence-electron chi connectivity index (χ1n) is 10.6. The highest BCUT2D eigenvalue weighted by molar-refractivity contribution is 5.89. The van der Waals surface area contributed by atoms with Crippen LogP contribution >= 0.6 is 0 Å². The first-order valence-corrected chi connectivity index (χ1v) is 10.6. The second-order valence-electron chi connectivity index (χ2n) is 8.37. The average molecular weight is 455 g/mol. The van der Waals surface area contributed by atoms with Crippen molar-refractivity contribution in [2.24, 2.45) is 14.1 Å². The van der Waals surface area contributed by atoms with E-state index < -0.39 is 22.5 Å². The second-order valence-corrected chi connectivity index (χ2v) is 8.37. The summed E-state index contributed by atoms with van der Waals surface area (Å²) in [5, 5.41) is 0.197. The zero-order chi connectivity index (χ0) is 24.3. The van der Waals surface area contributed by atoms with Crippen LogP contribution in [0.4, 0.5) is 0 Å². The molecule has 34 heavy (non-hydrogen) atoms. The molecule has 0 saturated carbocycles. The highest BCUT2D eigenvalue weighted by atomic mass is 16.2. The summed E-state index contributed by atoms with van der Waals surface area (Å²) in [5.74, 6) is 0. The van der Waals surface area contributed by atoms with Gasteiger partial charge in [-0.25, -0.2) is 23.7 Å². The van der Waals surface area contributed by atoms with E-state index in [0.717, 1.165) is 20.3 Å². The van der Waals surface area contributed by atoms with E-state index in [1.807, 2.05) is 38.1 Å². The molecule has 2 aromatic carbocycles. The smallest absolute Gasteiger partial charge is 0.280 e. The van der Waals surface area contributed by atoms with Crippen LogP contribution in [-0.2, 0) is 14.1 Å². The van der Waals surface area contributed by atoms with Gasteiger partial charge in [-0.3, -0.25) is 18.7 Å². The standard InChI is InChI=1S/C25H21N5O4/c1-14-5-9-16(10-6-14)29-21-19(13-18-20(26-21)27(3)24(33)28(4)22(18)31)23(32)30(25(29)34)17-11-7-15(2)8-12-17/h5-13H,1-4H3. The molecule has 9 heteroatoms. The Morgan fingerprint density at radius 1 is 0.588 bits per heavy atom. The summed E-state index contributed by atoms with van der Waals surface area (Å²) in [6.45, 7) is 3.84. The third-order valence-electron chi connectivity index (χ3n) is 6.02. The summed E-state index contributed by atoms with van der Waals surface area (Å²) in [6, 6.07) is 15.6. The van der Waals surface area contributed by atoms with Crippen LogP contribution in [0.5, 0.6) is 0 Å². The molecule has 0 saturated heterocycles. The van der Waals surface area contributed by atoms with E-state index >= 15 is 0 Å². The number of benzene rings is 2. The zero-order valence-electron chi connectivity index (χ0n) is 19.1. The van der Waals surface area contributed by atoms with Crippen LogP contribution in [0, 0.1) is 13.8 Å². The van der Waals surface area contributed by atoms with Crippen LogP contribution in [0.25, 0.3) is 33.4 Å². The predicted molar refractivity (Wildman–Crippen MR) is 130 cm³/mol. The maximum atomic E-state index is 13.7. The van der Waals surface area contributed by atoms with Crippen molar-refractivity contribution < 1.29 is 0 Å². The summed E-state index contributed by atoms with van der Waals surface area (Å²) in [5.41, 5.74) is 0.711. The van der Waals surface area contributed by atoms with E-state index in [9.17, 15) is 19.2 Å². The van der Waals surface area contributed by atoms with Gasteiger partial charge in [-0.05, 0) is 44.2 Å². The number of pyridine rings is 1. The van der Waals surface area contributed by atoms with Gasteiger partial charge in [-0.1, -0.05) is 35.4 Å². The van der Waals surface area contributed by atoms with Crippen molar-refractivity contribution in [2.75, 3.05) is 0 Å². The molecular weight excluding hydrogens is 434 g/mol. The lowest BCUT2D eigenvalue weighted by Gasteiger charge is -2.15. The molecule has 0 aliphatic carbocycles. The molecule has 0 aliphatic heterocycles. The topological polar surface area (TPSA) is 101 Å².